The largest absolute Gasteiger partial charge is 0.494 e. The van der Waals surface area contributed by atoms with Gasteiger partial charge in [0.25, 0.3) is 5.91 Å². The van der Waals surface area contributed by atoms with E-state index in [-0.39, 0.29) is 18.6 Å². The van der Waals surface area contributed by atoms with Gasteiger partial charge in [0.15, 0.2) is 11.9 Å². The van der Waals surface area contributed by atoms with Crippen LogP contribution in [0.15, 0.2) is 48.5 Å². The number of amides is 1. The third-order valence-electron chi connectivity index (χ3n) is 3.99. The van der Waals surface area contributed by atoms with Crippen LogP contribution in [0.2, 0.25) is 5.02 Å². The van der Waals surface area contributed by atoms with Crippen LogP contribution < -0.4 is 10.1 Å². The van der Waals surface area contributed by atoms with E-state index in [4.69, 9.17) is 21.1 Å². The first-order chi connectivity index (χ1) is 13.9. The molecule has 0 aromatic heterocycles. The van der Waals surface area contributed by atoms with Gasteiger partial charge >= 0.3 is 5.97 Å². The number of Topliss-reactive ketones (excluding diaryl/α,β-unsaturated/α-hetero) is 1. The highest BCUT2D eigenvalue weighted by Crippen LogP contribution is 2.16. The van der Waals surface area contributed by atoms with Crippen molar-refractivity contribution >= 4 is 34.9 Å². The van der Waals surface area contributed by atoms with Crippen molar-refractivity contribution in [3.05, 3.63) is 59.1 Å². The van der Waals surface area contributed by atoms with E-state index < -0.39 is 18.0 Å². The molecule has 2 rings (SSSR count). The molecule has 7 heteroatoms. The number of benzene rings is 2. The Bertz CT molecular complexity index is 833. The Labute approximate surface area is 175 Å². The second-order valence-corrected chi connectivity index (χ2v) is 6.86. The molecule has 0 saturated heterocycles. The molecule has 0 radical (unpaired) electrons. The first-order valence-electron chi connectivity index (χ1n) is 9.41. The molecule has 0 bridgehead atoms. The first-order valence-corrected chi connectivity index (χ1v) is 9.78. The summed E-state index contributed by atoms with van der Waals surface area (Å²) in [6, 6.07) is 13.4. The fraction of sp³-hybridized carbons (Fsp3) is 0.318. The standard InChI is InChI=1S/C22H24ClNO5/c1-3-14-28-19-10-4-16(5-11-19)20(25)12-13-21(26)29-15(2)22(27)24-18-8-6-17(23)7-9-18/h4-11,15H,3,12-14H2,1-2H3,(H,24,27)/t15-/m1/s1. The molecular weight excluding hydrogens is 394 g/mol. The molecule has 1 N–H and O–H groups in total. The van der Waals surface area contributed by atoms with Gasteiger partial charge in [0, 0.05) is 22.7 Å². The maximum Gasteiger partial charge on any atom is 0.307 e. The quantitative estimate of drug-likeness (QED) is 0.449. The second kappa shape index (κ2) is 11.2. The number of ketones is 1. The molecule has 29 heavy (non-hydrogen) atoms. The minimum Gasteiger partial charge on any atom is -0.494 e. The van der Waals surface area contributed by atoms with Crippen LogP contribution in [0.25, 0.3) is 0 Å². The lowest BCUT2D eigenvalue weighted by molar-refractivity contribution is -0.153. The molecule has 2 aromatic rings. The lowest BCUT2D eigenvalue weighted by atomic mass is 10.1. The van der Waals surface area contributed by atoms with E-state index in [0.717, 1.165) is 6.42 Å². The first kappa shape index (κ1) is 22.4. The number of ether oxygens (including phenoxy) is 2. The van der Waals surface area contributed by atoms with Gasteiger partial charge in [0.05, 0.1) is 13.0 Å². The van der Waals surface area contributed by atoms with Gasteiger partial charge in [-0.05, 0) is 61.9 Å². The lowest BCUT2D eigenvalue weighted by Crippen LogP contribution is -2.30. The smallest absolute Gasteiger partial charge is 0.307 e. The number of halogens is 1. The number of hydrogen-bond acceptors (Lipinski definition) is 5. The predicted octanol–water partition coefficient (Wildman–Crippen LogP) is 4.66. The van der Waals surface area contributed by atoms with E-state index in [9.17, 15) is 14.4 Å². The van der Waals surface area contributed by atoms with Crippen molar-refractivity contribution in [3.63, 3.8) is 0 Å². The molecule has 6 nitrogen and oxygen atoms in total. The third-order valence-corrected chi connectivity index (χ3v) is 4.25. The van der Waals surface area contributed by atoms with Gasteiger partial charge in [-0.3, -0.25) is 14.4 Å². The molecule has 2 aromatic carbocycles. The van der Waals surface area contributed by atoms with Crippen molar-refractivity contribution in [2.45, 2.75) is 39.2 Å². The second-order valence-electron chi connectivity index (χ2n) is 6.42. The van der Waals surface area contributed by atoms with Crippen LogP contribution in [0, 0.1) is 0 Å². The lowest BCUT2D eigenvalue weighted by Gasteiger charge is -2.13. The van der Waals surface area contributed by atoms with Crippen LogP contribution in [0.4, 0.5) is 5.69 Å². The number of carbonyl (C=O) groups excluding carboxylic acids is 3. The van der Waals surface area contributed by atoms with Crippen molar-refractivity contribution in [2.24, 2.45) is 0 Å². The van der Waals surface area contributed by atoms with Crippen LogP contribution in [0.1, 0.15) is 43.5 Å². The molecule has 0 fully saturated rings. The number of hydrogen-bond donors (Lipinski definition) is 1. The maximum absolute atomic E-state index is 12.2. The van der Waals surface area contributed by atoms with Gasteiger partial charge in [-0.25, -0.2) is 0 Å². The third kappa shape index (κ3) is 7.58. The van der Waals surface area contributed by atoms with Crippen molar-refractivity contribution in [1.82, 2.24) is 0 Å². The fourth-order valence-corrected chi connectivity index (χ4v) is 2.53. The van der Waals surface area contributed by atoms with Crippen molar-refractivity contribution < 1.29 is 23.9 Å². The van der Waals surface area contributed by atoms with Crippen LogP contribution in [0.3, 0.4) is 0 Å². The van der Waals surface area contributed by atoms with Crippen LogP contribution in [-0.4, -0.2) is 30.4 Å². The summed E-state index contributed by atoms with van der Waals surface area (Å²) in [5.74, 6) is -0.555. The Kier molecular flexibility index (Phi) is 8.68. The molecule has 0 heterocycles. The number of esters is 1. The molecule has 1 amide bonds. The van der Waals surface area contributed by atoms with Gasteiger partial charge in [0.1, 0.15) is 5.75 Å². The molecular formula is C22H24ClNO5. The zero-order chi connectivity index (χ0) is 21.2. The fourth-order valence-electron chi connectivity index (χ4n) is 2.40. The van der Waals surface area contributed by atoms with Gasteiger partial charge in [-0.15, -0.1) is 0 Å². The maximum atomic E-state index is 12.2. The summed E-state index contributed by atoms with van der Waals surface area (Å²) in [5, 5.41) is 3.18. The molecule has 0 aliphatic carbocycles. The Balaban J connectivity index is 1.77. The average Bonchev–Trinajstić information content (AvgIpc) is 2.72. The Hall–Kier alpha value is -2.86. The number of carbonyl (C=O) groups is 3. The molecule has 1 atom stereocenters. The van der Waals surface area contributed by atoms with E-state index in [2.05, 4.69) is 5.32 Å². The Morgan fingerprint density at radius 1 is 1.00 bits per heavy atom. The topological polar surface area (TPSA) is 81.7 Å². The number of nitrogens with one attached hydrogen (secondary N) is 1. The molecule has 0 aliphatic heterocycles. The molecule has 154 valence electrons. The van der Waals surface area contributed by atoms with E-state index in [1.54, 1.807) is 48.5 Å². The van der Waals surface area contributed by atoms with Crippen molar-refractivity contribution in [1.29, 1.82) is 0 Å². The minimum absolute atomic E-state index is 0.000476. The van der Waals surface area contributed by atoms with E-state index in [1.165, 1.54) is 6.92 Å². The summed E-state index contributed by atoms with van der Waals surface area (Å²) in [7, 11) is 0. The molecule has 0 unspecified atom stereocenters. The van der Waals surface area contributed by atoms with Gasteiger partial charge in [-0.2, -0.15) is 0 Å². The number of rotatable bonds is 10. The van der Waals surface area contributed by atoms with E-state index in [1.807, 2.05) is 6.92 Å². The summed E-state index contributed by atoms with van der Waals surface area (Å²) in [6.45, 7) is 4.10. The molecule has 0 aliphatic rings. The predicted molar refractivity (Wildman–Crippen MR) is 111 cm³/mol. The highest BCUT2D eigenvalue weighted by atomic mass is 35.5. The van der Waals surface area contributed by atoms with E-state index in [0.29, 0.717) is 28.6 Å². The van der Waals surface area contributed by atoms with Gasteiger partial charge in [0.2, 0.25) is 0 Å². The zero-order valence-corrected chi connectivity index (χ0v) is 17.2. The summed E-state index contributed by atoms with van der Waals surface area (Å²) in [5.41, 5.74) is 1.04. The highest BCUT2D eigenvalue weighted by molar-refractivity contribution is 6.30. The average molecular weight is 418 g/mol. The summed E-state index contributed by atoms with van der Waals surface area (Å²) < 4.78 is 10.6. The zero-order valence-electron chi connectivity index (χ0n) is 16.4. The monoisotopic (exact) mass is 417 g/mol. The Morgan fingerprint density at radius 3 is 2.28 bits per heavy atom. The SMILES string of the molecule is CCCOc1ccc(C(=O)CCC(=O)O[C@H](C)C(=O)Nc2ccc(Cl)cc2)cc1. The minimum atomic E-state index is -0.983. The Morgan fingerprint density at radius 2 is 1.66 bits per heavy atom. The van der Waals surface area contributed by atoms with Crippen molar-refractivity contribution in [2.75, 3.05) is 11.9 Å². The summed E-state index contributed by atoms with van der Waals surface area (Å²) >= 11 is 5.80. The van der Waals surface area contributed by atoms with Gasteiger partial charge in [-0.1, -0.05) is 18.5 Å². The van der Waals surface area contributed by atoms with Crippen LogP contribution in [-0.2, 0) is 14.3 Å². The molecule has 0 saturated carbocycles. The van der Waals surface area contributed by atoms with Gasteiger partial charge < -0.3 is 14.8 Å². The molecule has 0 spiro atoms. The number of anilines is 1. The highest BCUT2D eigenvalue weighted by Gasteiger charge is 2.19. The van der Waals surface area contributed by atoms with E-state index >= 15 is 0 Å². The summed E-state index contributed by atoms with van der Waals surface area (Å²) in [4.78, 5) is 36.3. The normalized spacial score (nSPS) is 11.4. The summed E-state index contributed by atoms with van der Waals surface area (Å²) in [6.07, 6.45) is -0.187. The van der Waals surface area contributed by atoms with Crippen molar-refractivity contribution in [3.8, 4) is 5.75 Å². The van der Waals surface area contributed by atoms with Crippen LogP contribution >= 0.6 is 11.6 Å². The van der Waals surface area contributed by atoms with Crippen LogP contribution in [0.5, 0.6) is 5.75 Å².